The standard InChI is InChI=1S/C16H11FN2O2/c1-10(20)11-2-4-12(5-3-11)16(21)14(8-18)15-7-6-13(17)9-19-15/h2-7,9,14H,1H3/t14-/m0/s1. The summed E-state index contributed by atoms with van der Waals surface area (Å²) in [5, 5.41) is 9.16. The van der Waals surface area contributed by atoms with E-state index in [9.17, 15) is 14.0 Å². The summed E-state index contributed by atoms with van der Waals surface area (Å²) in [5.41, 5.74) is 0.984. The molecule has 0 radical (unpaired) electrons. The molecule has 1 atom stereocenters. The van der Waals surface area contributed by atoms with Crippen molar-refractivity contribution < 1.29 is 14.0 Å². The molecule has 1 heterocycles. The van der Waals surface area contributed by atoms with Gasteiger partial charge in [-0.15, -0.1) is 0 Å². The third-order valence-electron chi connectivity index (χ3n) is 3.01. The number of nitrogens with zero attached hydrogens (tertiary/aromatic N) is 2. The molecule has 0 spiro atoms. The van der Waals surface area contributed by atoms with Gasteiger partial charge in [-0.3, -0.25) is 14.6 Å². The van der Waals surface area contributed by atoms with Crippen LogP contribution < -0.4 is 0 Å². The van der Waals surface area contributed by atoms with Gasteiger partial charge < -0.3 is 0 Å². The van der Waals surface area contributed by atoms with Crippen LogP contribution >= 0.6 is 0 Å². The van der Waals surface area contributed by atoms with Gasteiger partial charge in [0.25, 0.3) is 0 Å². The Bertz CT molecular complexity index is 715. The first-order chi connectivity index (χ1) is 10.0. The van der Waals surface area contributed by atoms with Crippen LogP contribution in [0.25, 0.3) is 0 Å². The van der Waals surface area contributed by atoms with Crippen molar-refractivity contribution >= 4 is 11.6 Å². The summed E-state index contributed by atoms with van der Waals surface area (Å²) in [4.78, 5) is 27.3. The first kappa shape index (κ1) is 14.5. The average molecular weight is 282 g/mol. The summed E-state index contributed by atoms with van der Waals surface area (Å²) >= 11 is 0. The van der Waals surface area contributed by atoms with Crippen LogP contribution in [-0.2, 0) is 0 Å². The van der Waals surface area contributed by atoms with Gasteiger partial charge in [-0.25, -0.2) is 4.39 Å². The van der Waals surface area contributed by atoms with Crippen molar-refractivity contribution in [2.75, 3.05) is 0 Å². The SMILES string of the molecule is CC(=O)c1ccc(C(=O)[C@@H](C#N)c2ccc(F)cn2)cc1. The zero-order chi connectivity index (χ0) is 15.4. The molecule has 2 aromatic rings. The minimum Gasteiger partial charge on any atom is -0.295 e. The van der Waals surface area contributed by atoms with Crippen LogP contribution in [0.2, 0.25) is 0 Å². The van der Waals surface area contributed by atoms with Crippen LogP contribution in [0.5, 0.6) is 0 Å². The molecule has 0 saturated carbocycles. The Kier molecular flexibility index (Phi) is 4.19. The average Bonchev–Trinajstić information content (AvgIpc) is 2.50. The number of pyridine rings is 1. The number of carbonyl (C=O) groups is 2. The minimum atomic E-state index is -1.10. The van der Waals surface area contributed by atoms with Gasteiger partial charge in [0.1, 0.15) is 5.82 Å². The van der Waals surface area contributed by atoms with E-state index in [1.165, 1.54) is 37.3 Å². The number of ketones is 2. The van der Waals surface area contributed by atoms with E-state index in [-0.39, 0.29) is 11.5 Å². The van der Waals surface area contributed by atoms with Crippen molar-refractivity contribution in [1.29, 1.82) is 5.26 Å². The fraction of sp³-hybridized carbons (Fsp3) is 0.125. The number of hydrogen-bond donors (Lipinski definition) is 0. The molecule has 1 aromatic carbocycles. The lowest BCUT2D eigenvalue weighted by Gasteiger charge is -2.08. The van der Waals surface area contributed by atoms with Crippen LogP contribution in [0.4, 0.5) is 4.39 Å². The largest absolute Gasteiger partial charge is 0.295 e. The van der Waals surface area contributed by atoms with Gasteiger partial charge in [0.15, 0.2) is 17.5 Å². The van der Waals surface area contributed by atoms with E-state index in [2.05, 4.69) is 4.98 Å². The van der Waals surface area contributed by atoms with Gasteiger partial charge >= 0.3 is 0 Å². The van der Waals surface area contributed by atoms with Crippen molar-refractivity contribution in [3.63, 3.8) is 0 Å². The van der Waals surface area contributed by atoms with Crippen molar-refractivity contribution in [1.82, 2.24) is 4.98 Å². The smallest absolute Gasteiger partial charge is 0.186 e. The Labute approximate surface area is 120 Å². The monoisotopic (exact) mass is 282 g/mol. The molecular formula is C16H11FN2O2. The van der Waals surface area contributed by atoms with Gasteiger partial charge in [-0.1, -0.05) is 24.3 Å². The highest BCUT2D eigenvalue weighted by Crippen LogP contribution is 2.19. The maximum absolute atomic E-state index is 12.8. The van der Waals surface area contributed by atoms with Crippen molar-refractivity contribution in [2.45, 2.75) is 12.8 Å². The van der Waals surface area contributed by atoms with Crippen LogP contribution in [0.1, 0.15) is 39.3 Å². The van der Waals surface area contributed by atoms with Gasteiger partial charge in [-0.05, 0) is 19.1 Å². The third kappa shape index (κ3) is 3.18. The van der Waals surface area contributed by atoms with Gasteiger partial charge in [0, 0.05) is 11.1 Å². The van der Waals surface area contributed by atoms with Gasteiger partial charge in [0.05, 0.1) is 18.0 Å². The molecule has 2 rings (SSSR count). The lowest BCUT2D eigenvalue weighted by atomic mass is 9.94. The molecule has 0 amide bonds. The molecule has 0 aliphatic rings. The van der Waals surface area contributed by atoms with Crippen LogP contribution in [0.3, 0.4) is 0 Å². The number of Topliss-reactive ketones (excluding diaryl/α,β-unsaturated/α-hetero) is 2. The van der Waals surface area contributed by atoms with E-state index < -0.39 is 17.5 Å². The third-order valence-corrected chi connectivity index (χ3v) is 3.01. The molecule has 0 unspecified atom stereocenters. The molecule has 0 fully saturated rings. The normalized spacial score (nSPS) is 11.5. The Hall–Kier alpha value is -2.87. The lowest BCUT2D eigenvalue weighted by Crippen LogP contribution is -2.13. The summed E-state index contributed by atoms with van der Waals surface area (Å²) in [7, 11) is 0. The summed E-state index contributed by atoms with van der Waals surface area (Å²) in [6.07, 6.45) is 0.964. The fourth-order valence-corrected chi connectivity index (χ4v) is 1.85. The molecule has 5 heteroatoms. The number of hydrogen-bond acceptors (Lipinski definition) is 4. The van der Waals surface area contributed by atoms with Crippen molar-refractivity contribution in [3.05, 3.63) is 65.2 Å². The molecule has 1 aromatic heterocycles. The van der Waals surface area contributed by atoms with Crippen LogP contribution in [0.15, 0.2) is 42.6 Å². The van der Waals surface area contributed by atoms with Crippen LogP contribution in [0, 0.1) is 17.1 Å². The highest BCUT2D eigenvalue weighted by Gasteiger charge is 2.23. The molecular weight excluding hydrogens is 271 g/mol. The second-order valence-electron chi connectivity index (χ2n) is 4.46. The van der Waals surface area contributed by atoms with E-state index >= 15 is 0 Å². The maximum atomic E-state index is 12.8. The molecule has 0 saturated heterocycles. The quantitative estimate of drug-likeness (QED) is 0.808. The second kappa shape index (κ2) is 6.06. The van der Waals surface area contributed by atoms with E-state index in [4.69, 9.17) is 5.26 Å². The highest BCUT2D eigenvalue weighted by molar-refractivity contribution is 6.03. The Morgan fingerprint density at radius 2 is 1.76 bits per heavy atom. The summed E-state index contributed by atoms with van der Waals surface area (Å²) in [6.45, 7) is 1.43. The van der Waals surface area contributed by atoms with E-state index in [0.29, 0.717) is 11.1 Å². The Morgan fingerprint density at radius 3 is 2.24 bits per heavy atom. The fourth-order valence-electron chi connectivity index (χ4n) is 1.85. The topological polar surface area (TPSA) is 70.8 Å². The van der Waals surface area contributed by atoms with E-state index in [0.717, 1.165) is 12.3 Å². The molecule has 4 nitrogen and oxygen atoms in total. The lowest BCUT2D eigenvalue weighted by molar-refractivity contribution is 0.0974. The zero-order valence-electron chi connectivity index (χ0n) is 11.2. The molecule has 0 aliphatic carbocycles. The molecule has 0 bridgehead atoms. The second-order valence-corrected chi connectivity index (χ2v) is 4.46. The Balaban J connectivity index is 2.30. The van der Waals surface area contributed by atoms with E-state index in [1.54, 1.807) is 0 Å². The number of rotatable bonds is 4. The number of halogens is 1. The predicted octanol–water partition coefficient (Wildman–Crippen LogP) is 2.91. The Morgan fingerprint density at radius 1 is 1.14 bits per heavy atom. The van der Waals surface area contributed by atoms with Crippen LogP contribution in [-0.4, -0.2) is 16.6 Å². The number of benzene rings is 1. The summed E-state index contributed by atoms with van der Waals surface area (Å²) in [5.74, 6) is -2.18. The summed E-state index contributed by atoms with van der Waals surface area (Å²) < 4.78 is 12.8. The minimum absolute atomic E-state index is 0.106. The molecule has 0 N–H and O–H groups in total. The molecule has 21 heavy (non-hydrogen) atoms. The zero-order valence-corrected chi connectivity index (χ0v) is 11.2. The predicted molar refractivity (Wildman–Crippen MR) is 73.3 cm³/mol. The van der Waals surface area contributed by atoms with E-state index in [1.807, 2.05) is 6.07 Å². The highest BCUT2D eigenvalue weighted by atomic mass is 19.1. The first-order valence-electron chi connectivity index (χ1n) is 6.19. The number of aromatic nitrogens is 1. The van der Waals surface area contributed by atoms with Gasteiger partial charge in [-0.2, -0.15) is 5.26 Å². The first-order valence-corrected chi connectivity index (χ1v) is 6.19. The maximum Gasteiger partial charge on any atom is 0.186 e. The van der Waals surface area contributed by atoms with Gasteiger partial charge in [0.2, 0.25) is 0 Å². The van der Waals surface area contributed by atoms with Crippen molar-refractivity contribution in [2.24, 2.45) is 0 Å². The molecule has 0 aliphatic heterocycles. The summed E-state index contributed by atoms with van der Waals surface area (Å²) in [6, 6.07) is 10.4. The van der Waals surface area contributed by atoms with Crippen molar-refractivity contribution in [3.8, 4) is 6.07 Å². The molecule has 104 valence electrons. The number of nitriles is 1. The number of carbonyl (C=O) groups excluding carboxylic acids is 2.